The first-order valence-corrected chi connectivity index (χ1v) is 7.65. The van der Waals surface area contributed by atoms with Crippen LogP contribution >= 0.6 is 0 Å². The van der Waals surface area contributed by atoms with E-state index in [1.54, 1.807) is 6.20 Å². The standard InChI is InChI=1S/C18H23N3O/c1-4-14(3)20-17-10-9-16(12-19-17)21-18(22)11-15-8-6-5-7-13(15)2/h5-10,12,14H,4,11H2,1-3H3,(H,19,20)(H,21,22). The zero-order valence-corrected chi connectivity index (χ0v) is 13.4. The molecule has 1 amide bonds. The molecular weight excluding hydrogens is 274 g/mol. The Balaban J connectivity index is 1.93. The van der Waals surface area contributed by atoms with Crippen molar-refractivity contribution in [2.45, 2.75) is 39.7 Å². The van der Waals surface area contributed by atoms with Crippen LogP contribution < -0.4 is 10.6 Å². The number of rotatable bonds is 6. The van der Waals surface area contributed by atoms with Gasteiger partial charge in [-0.1, -0.05) is 31.2 Å². The maximum Gasteiger partial charge on any atom is 0.228 e. The van der Waals surface area contributed by atoms with Crippen LogP contribution in [0.15, 0.2) is 42.6 Å². The molecule has 1 aromatic carbocycles. The molecule has 0 aliphatic heterocycles. The molecular formula is C18H23N3O. The van der Waals surface area contributed by atoms with Crippen LogP contribution in [0.1, 0.15) is 31.4 Å². The van der Waals surface area contributed by atoms with Crippen molar-refractivity contribution in [2.75, 3.05) is 10.6 Å². The molecule has 1 unspecified atom stereocenters. The smallest absolute Gasteiger partial charge is 0.228 e. The summed E-state index contributed by atoms with van der Waals surface area (Å²) >= 11 is 0. The highest BCUT2D eigenvalue weighted by Crippen LogP contribution is 2.13. The van der Waals surface area contributed by atoms with E-state index in [0.29, 0.717) is 18.2 Å². The van der Waals surface area contributed by atoms with Crippen LogP contribution in [0.4, 0.5) is 11.5 Å². The average Bonchev–Trinajstić information content (AvgIpc) is 2.51. The summed E-state index contributed by atoms with van der Waals surface area (Å²) in [6, 6.07) is 12.1. The highest BCUT2D eigenvalue weighted by molar-refractivity contribution is 5.92. The number of hydrogen-bond donors (Lipinski definition) is 2. The fraction of sp³-hybridized carbons (Fsp3) is 0.333. The van der Waals surface area contributed by atoms with Gasteiger partial charge >= 0.3 is 0 Å². The minimum Gasteiger partial charge on any atom is -0.368 e. The van der Waals surface area contributed by atoms with Gasteiger partial charge in [0.05, 0.1) is 18.3 Å². The van der Waals surface area contributed by atoms with Crippen molar-refractivity contribution in [3.05, 3.63) is 53.7 Å². The first-order chi connectivity index (χ1) is 10.6. The molecule has 0 bridgehead atoms. The molecule has 1 atom stereocenters. The van der Waals surface area contributed by atoms with Gasteiger partial charge in [0.2, 0.25) is 5.91 Å². The largest absolute Gasteiger partial charge is 0.368 e. The number of anilines is 2. The number of aryl methyl sites for hydroxylation is 1. The summed E-state index contributed by atoms with van der Waals surface area (Å²) in [5.41, 5.74) is 2.89. The summed E-state index contributed by atoms with van der Waals surface area (Å²) in [4.78, 5) is 16.4. The molecule has 22 heavy (non-hydrogen) atoms. The summed E-state index contributed by atoms with van der Waals surface area (Å²) in [5.74, 6) is 0.796. The van der Waals surface area contributed by atoms with E-state index >= 15 is 0 Å². The van der Waals surface area contributed by atoms with Crippen molar-refractivity contribution >= 4 is 17.4 Å². The van der Waals surface area contributed by atoms with Crippen molar-refractivity contribution in [3.63, 3.8) is 0 Å². The molecule has 2 N–H and O–H groups in total. The summed E-state index contributed by atoms with van der Waals surface area (Å²) in [5, 5.41) is 6.18. The van der Waals surface area contributed by atoms with Gasteiger partial charge in [-0.2, -0.15) is 0 Å². The van der Waals surface area contributed by atoms with E-state index in [0.717, 1.165) is 23.4 Å². The second-order valence-corrected chi connectivity index (χ2v) is 5.54. The van der Waals surface area contributed by atoms with Crippen molar-refractivity contribution < 1.29 is 4.79 Å². The predicted octanol–water partition coefficient (Wildman–Crippen LogP) is 3.78. The van der Waals surface area contributed by atoms with E-state index in [1.165, 1.54) is 0 Å². The molecule has 4 heteroatoms. The Morgan fingerprint density at radius 1 is 1.23 bits per heavy atom. The molecule has 1 aromatic heterocycles. The highest BCUT2D eigenvalue weighted by atomic mass is 16.1. The second kappa shape index (κ2) is 7.59. The summed E-state index contributed by atoms with van der Waals surface area (Å²) in [6.07, 6.45) is 3.09. The Kier molecular flexibility index (Phi) is 5.53. The van der Waals surface area contributed by atoms with Crippen LogP contribution in [-0.4, -0.2) is 16.9 Å². The van der Waals surface area contributed by atoms with Crippen LogP contribution in [0.5, 0.6) is 0 Å². The number of aromatic nitrogens is 1. The Bertz CT molecular complexity index is 622. The van der Waals surface area contributed by atoms with E-state index in [-0.39, 0.29) is 5.91 Å². The molecule has 0 fully saturated rings. The van der Waals surface area contributed by atoms with Gasteiger partial charge in [-0.15, -0.1) is 0 Å². The van der Waals surface area contributed by atoms with Crippen molar-refractivity contribution in [2.24, 2.45) is 0 Å². The zero-order chi connectivity index (χ0) is 15.9. The van der Waals surface area contributed by atoms with Crippen LogP contribution in [0.25, 0.3) is 0 Å². The van der Waals surface area contributed by atoms with E-state index in [2.05, 4.69) is 29.5 Å². The number of benzene rings is 1. The first kappa shape index (κ1) is 16.0. The van der Waals surface area contributed by atoms with Crippen LogP contribution in [-0.2, 0) is 11.2 Å². The van der Waals surface area contributed by atoms with Gasteiger partial charge < -0.3 is 10.6 Å². The van der Waals surface area contributed by atoms with Gasteiger partial charge in [0.15, 0.2) is 0 Å². The molecule has 116 valence electrons. The fourth-order valence-electron chi connectivity index (χ4n) is 2.09. The number of pyridine rings is 1. The molecule has 4 nitrogen and oxygen atoms in total. The number of hydrogen-bond acceptors (Lipinski definition) is 3. The highest BCUT2D eigenvalue weighted by Gasteiger charge is 2.07. The SMILES string of the molecule is CCC(C)Nc1ccc(NC(=O)Cc2ccccc2C)cn1. The molecule has 0 spiro atoms. The third kappa shape index (κ3) is 4.58. The normalized spacial score (nSPS) is 11.8. The van der Waals surface area contributed by atoms with E-state index in [4.69, 9.17) is 0 Å². The van der Waals surface area contributed by atoms with Crippen LogP contribution in [0.2, 0.25) is 0 Å². The lowest BCUT2D eigenvalue weighted by Crippen LogP contribution is -2.16. The Morgan fingerprint density at radius 3 is 2.64 bits per heavy atom. The van der Waals surface area contributed by atoms with Gasteiger partial charge in [0.1, 0.15) is 5.82 Å². The maximum absolute atomic E-state index is 12.1. The summed E-state index contributed by atoms with van der Waals surface area (Å²) in [7, 11) is 0. The number of nitrogens with one attached hydrogen (secondary N) is 2. The maximum atomic E-state index is 12.1. The lowest BCUT2D eigenvalue weighted by atomic mass is 10.1. The Morgan fingerprint density at radius 2 is 2.00 bits per heavy atom. The van der Waals surface area contributed by atoms with Crippen molar-refractivity contribution in [1.29, 1.82) is 0 Å². The van der Waals surface area contributed by atoms with E-state index in [9.17, 15) is 4.79 Å². The number of carbonyl (C=O) groups is 1. The molecule has 0 radical (unpaired) electrons. The molecule has 0 aliphatic rings. The third-order valence-corrected chi connectivity index (χ3v) is 3.67. The van der Waals surface area contributed by atoms with Gasteiger partial charge in [0, 0.05) is 6.04 Å². The van der Waals surface area contributed by atoms with E-state index < -0.39 is 0 Å². The van der Waals surface area contributed by atoms with Crippen LogP contribution in [0.3, 0.4) is 0 Å². The van der Waals surface area contributed by atoms with Crippen molar-refractivity contribution in [3.8, 4) is 0 Å². The molecule has 2 aromatic rings. The van der Waals surface area contributed by atoms with Gasteiger partial charge in [0.25, 0.3) is 0 Å². The first-order valence-electron chi connectivity index (χ1n) is 7.65. The minimum absolute atomic E-state index is 0.0289. The lowest BCUT2D eigenvalue weighted by molar-refractivity contribution is -0.115. The third-order valence-electron chi connectivity index (χ3n) is 3.67. The van der Waals surface area contributed by atoms with Crippen LogP contribution in [0, 0.1) is 6.92 Å². The summed E-state index contributed by atoms with van der Waals surface area (Å²) < 4.78 is 0. The monoisotopic (exact) mass is 297 g/mol. The Hall–Kier alpha value is -2.36. The summed E-state index contributed by atoms with van der Waals surface area (Å²) in [6.45, 7) is 6.25. The van der Waals surface area contributed by atoms with Crippen molar-refractivity contribution in [1.82, 2.24) is 4.98 Å². The molecule has 0 aliphatic carbocycles. The number of amides is 1. The van der Waals surface area contributed by atoms with E-state index in [1.807, 2.05) is 43.3 Å². The van der Waals surface area contributed by atoms with Gasteiger partial charge in [-0.05, 0) is 43.5 Å². The second-order valence-electron chi connectivity index (χ2n) is 5.54. The molecule has 0 saturated carbocycles. The van der Waals surface area contributed by atoms with Gasteiger partial charge in [-0.25, -0.2) is 4.98 Å². The molecule has 1 heterocycles. The lowest BCUT2D eigenvalue weighted by Gasteiger charge is -2.12. The predicted molar refractivity (Wildman–Crippen MR) is 91.1 cm³/mol. The fourth-order valence-corrected chi connectivity index (χ4v) is 2.09. The van der Waals surface area contributed by atoms with Gasteiger partial charge in [-0.3, -0.25) is 4.79 Å². The topological polar surface area (TPSA) is 54.0 Å². The molecule has 2 rings (SSSR count). The molecule has 0 saturated heterocycles. The number of carbonyl (C=O) groups excluding carboxylic acids is 1. The number of nitrogens with zero attached hydrogens (tertiary/aromatic N) is 1. The average molecular weight is 297 g/mol. The Labute approximate surface area is 132 Å². The zero-order valence-electron chi connectivity index (χ0n) is 13.4. The quantitative estimate of drug-likeness (QED) is 0.853. The minimum atomic E-state index is -0.0289.